The molecule has 1 aromatic carbocycles. The fourth-order valence-corrected chi connectivity index (χ4v) is 2.83. The lowest BCUT2D eigenvalue weighted by Crippen LogP contribution is -2.50. The van der Waals surface area contributed by atoms with Crippen molar-refractivity contribution in [3.05, 3.63) is 64.3 Å². The maximum Gasteiger partial charge on any atom is 0.251 e. The molecule has 0 unspecified atom stereocenters. The Morgan fingerprint density at radius 1 is 1.08 bits per heavy atom. The smallest absolute Gasteiger partial charge is 0.251 e. The Balaban J connectivity index is 1.61. The normalized spacial score (nSPS) is 14.2. The van der Waals surface area contributed by atoms with E-state index in [2.05, 4.69) is 4.90 Å². The van der Waals surface area contributed by atoms with Gasteiger partial charge in [0.25, 0.3) is 5.56 Å². The molecule has 0 bridgehead atoms. The van der Waals surface area contributed by atoms with E-state index in [-0.39, 0.29) is 23.8 Å². The number of piperazine rings is 1. The van der Waals surface area contributed by atoms with Crippen LogP contribution in [0.1, 0.15) is 5.56 Å². The average Bonchev–Trinajstić information content (AvgIpc) is 2.64. The number of rotatable bonds is 3. The summed E-state index contributed by atoms with van der Waals surface area (Å²) in [5.41, 5.74) is 0.956. The standard InChI is InChI=1S/C18H17FN4O2/c19-15-2-4-16(5-3-15)21-7-9-22(10-8-21)18(25)13-23-12-14(11-20)1-6-17(23)24/h1-6,12H,7-10,13H2. The predicted molar refractivity (Wildman–Crippen MR) is 90.6 cm³/mol. The monoisotopic (exact) mass is 340 g/mol. The number of halogens is 1. The SMILES string of the molecule is N#Cc1ccc(=O)n(CC(=O)N2CCN(c3ccc(F)cc3)CC2)c1. The summed E-state index contributed by atoms with van der Waals surface area (Å²) in [5.74, 6) is -0.432. The number of carbonyl (C=O) groups excluding carboxylic acids is 1. The van der Waals surface area contributed by atoms with E-state index in [0.29, 0.717) is 31.7 Å². The first-order valence-electron chi connectivity index (χ1n) is 7.96. The first-order valence-corrected chi connectivity index (χ1v) is 7.96. The highest BCUT2D eigenvalue weighted by Gasteiger charge is 2.21. The Labute approximate surface area is 144 Å². The zero-order chi connectivity index (χ0) is 17.8. The molecular formula is C18H17FN4O2. The number of hydrogen-bond acceptors (Lipinski definition) is 4. The summed E-state index contributed by atoms with van der Waals surface area (Å²) in [6, 6.07) is 11.0. The largest absolute Gasteiger partial charge is 0.368 e. The van der Waals surface area contributed by atoms with Crippen LogP contribution in [0.2, 0.25) is 0 Å². The number of benzene rings is 1. The molecule has 1 saturated heterocycles. The van der Waals surface area contributed by atoms with Crippen molar-refractivity contribution in [2.45, 2.75) is 6.54 Å². The number of anilines is 1. The van der Waals surface area contributed by atoms with Gasteiger partial charge in [0.2, 0.25) is 5.91 Å². The molecule has 0 saturated carbocycles. The minimum absolute atomic E-state index is 0.0785. The maximum absolute atomic E-state index is 13.0. The van der Waals surface area contributed by atoms with E-state index in [1.165, 1.54) is 35.0 Å². The van der Waals surface area contributed by atoms with E-state index in [1.54, 1.807) is 17.0 Å². The average molecular weight is 340 g/mol. The van der Waals surface area contributed by atoms with Gasteiger partial charge in [0.05, 0.1) is 5.56 Å². The molecule has 0 spiro atoms. The topological polar surface area (TPSA) is 69.3 Å². The van der Waals surface area contributed by atoms with Crippen LogP contribution in [0.15, 0.2) is 47.4 Å². The van der Waals surface area contributed by atoms with Gasteiger partial charge in [-0.15, -0.1) is 0 Å². The van der Waals surface area contributed by atoms with Crippen LogP contribution in [0, 0.1) is 17.1 Å². The number of nitrogens with zero attached hydrogens (tertiary/aromatic N) is 4. The third kappa shape index (κ3) is 3.86. The summed E-state index contributed by atoms with van der Waals surface area (Å²) in [4.78, 5) is 28.0. The molecule has 7 heteroatoms. The van der Waals surface area contributed by atoms with Gasteiger partial charge in [-0.25, -0.2) is 4.39 Å². The third-order valence-electron chi connectivity index (χ3n) is 4.24. The first kappa shape index (κ1) is 16.7. The van der Waals surface area contributed by atoms with Crippen molar-refractivity contribution in [1.82, 2.24) is 9.47 Å². The van der Waals surface area contributed by atoms with E-state index in [9.17, 15) is 14.0 Å². The molecule has 6 nitrogen and oxygen atoms in total. The number of hydrogen-bond donors (Lipinski definition) is 0. The minimum atomic E-state index is -0.308. The Morgan fingerprint density at radius 3 is 2.40 bits per heavy atom. The van der Waals surface area contributed by atoms with E-state index in [1.807, 2.05) is 6.07 Å². The summed E-state index contributed by atoms with van der Waals surface area (Å²) < 4.78 is 14.3. The molecule has 1 fully saturated rings. The number of aromatic nitrogens is 1. The second kappa shape index (κ2) is 7.18. The molecule has 1 amide bonds. The highest BCUT2D eigenvalue weighted by atomic mass is 19.1. The molecule has 0 aliphatic carbocycles. The zero-order valence-corrected chi connectivity index (χ0v) is 13.6. The van der Waals surface area contributed by atoms with Gasteiger partial charge in [0.1, 0.15) is 18.4 Å². The van der Waals surface area contributed by atoms with Gasteiger partial charge >= 0.3 is 0 Å². The van der Waals surface area contributed by atoms with Crippen LogP contribution >= 0.6 is 0 Å². The zero-order valence-electron chi connectivity index (χ0n) is 13.6. The summed E-state index contributed by atoms with van der Waals surface area (Å²) in [7, 11) is 0. The van der Waals surface area contributed by atoms with Crippen molar-refractivity contribution in [2.75, 3.05) is 31.1 Å². The summed E-state index contributed by atoms with van der Waals surface area (Å²) in [6.07, 6.45) is 1.40. The van der Waals surface area contributed by atoms with E-state index in [4.69, 9.17) is 5.26 Å². The lowest BCUT2D eigenvalue weighted by atomic mass is 10.2. The molecule has 25 heavy (non-hydrogen) atoms. The molecule has 0 atom stereocenters. The van der Waals surface area contributed by atoms with Crippen molar-refractivity contribution in [3.8, 4) is 6.07 Å². The fraction of sp³-hybridized carbons (Fsp3) is 0.278. The van der Waals surface area contributed by atoms with Crippen molar-refractivity contribution in [1.29, 1.82) is 5.26 Å². The number of carbonyl (C=O) groups is 1. The van der Waals surface area contributed by atoms with Gasteiger partial charge in [-0.05, 0) is 30.3 Å². The van der Waals surface area contributed by atoms with Gasteiger partial charge in [-0.1, -0.05) is 0 Å². The van der Waals surface area contributed by atoms with Gasteiger partial charge < -0.3 is 14.4 Å². The maximum atomic E-state index is 13.0. The van der Waals surface area contributed by atoms with E-state index < -0.39 is 0 Å². The molecular weight excluding hydrogens is 323 g/mol. The third-order valence-corrected chi connectivity index (χ3v) is 4.24. The summed E-state index contributed by atoms with van der Waals surface area (Å²) in [6.45, 7) is 2.27. The lowest BCUT2D eigenvalue weighted by Gasteiger charge is -2.36. The summed E-state index contributed by atoms with van der Waals surface area (Å²) in [5, 5.41) is 8.90. The molecule has 2 heterocycles. The number of pyridine rings is 1. The number of amides is 1. The molecule has 3 rings (SSSR count). The molecule has 128 valence electrons. The van der Waals surface area contributed by atoms with Crippen molar-refractivity contribution in [3.63, 3.8) is 0 Å². The summed E-state index contributed by atoms with van der Waals surface area (Å²) >= 11 is 0. The van der Waals surface area contributed by atoms with Crippen LogP contribution in [0.4, 0.5) is 10.1 Å². The molecule has 2 aromatic rings. The van der Waals surface area contributed by atoms with Crippen LogP contribution in [-0.4, -0.2) is 41.6 Å². The molecule has 0 N–H and O–H groups in total. The molecule has 1 aliphatic heterocycles. The lowest BCUT2D eigenvalue weighted by molar-refractivity contribution is -0.132. The highest BCUT2D eigenvalue weighted by molar-refractivity contribution is 5.76. The highest BCUT2D eigenvalue weighted by Crippen LogP contribution is 2.17. The van der Waals surface area contributed by atoms with Gasteiger partial charge in [0.15, 0.2) is 0 Å². The van der Waals surface area contributed by atoms with Crippen molar-refractivity contribution < 1.29 is 9.18 Å². The Kier molecular flexibility index (Phi) is 4.80. The van der Waals surface area contributed by atoms with Gasteiger partial charge in [-0.3, -0.25) is 9.59 Å². The molecule has 1 aliphatic rings. The minimum Gasteiger partial charge on any atom is -0.368 e. The van der Waals surface area contributed by atoms with E-state index >= 15 is 0 Å². The Bertz CT molecular complexity index is 862. The van der Waals surface area contributed by atoms with Crippen molar-refractivity contribution >= 4 is 11.6 Å². The second-order valence-corrected chi connectivity index (χ2v) is 5.84. The van der Waals surface area contributed by atoms with Crippen LogP contribution in [-0.2, 0) is 11.3 Å². The Morgan fingerprint density at radius 2 is 1.76 bits per heavy atom. The van der Waals surface area contributed by atoms with Crippen LogP contribution in [0.25, 0.3) is 0 Å². The van der Waals surface area contributed by atoms with E-state index in [0.717, 1.165) is 5.69 Å². The van der Waals surface area contributed by atoms with Crippen molar-refractivity contribution in [2.24, 2.45) is 0 Å². The molecule has 1 aromatic heterocycles. The first-order chi connectivity index (χ1) is 12.1. The molecule has 0 radical (unpaired) electrons. The number of nitriles is 1. The van der Waals surface area contributed by atoms with Gasteiger partial charge in [0, 0.05) is 44.1 Å². The van der Waals surface area contributed by atoms with Gasteiger partial charge in [-0.2, -0.15) is 5.26 Å². The quantitative estimate of drug-likeness (QED) is 0.842. The van der Waals surface area contributed by atoms with Crippen LogP contribution < -0.4 is 10.5 Å². The fourth-order valence-electron chi connectivity index (χ4n) is 2.83. The van der Waals surface area contributed by atoms with Crippen LogP contribution in [0.5, 0.6) is 0 Å². The van der Waals surface area contributed by atoms with Crippen LogP contribution in [0.3, 0.4) is 0 Å². The second-order valence-electron chi connectivity index (χ2n) is 5.84. The predicted octanol–water partition coefficient (Wildman–Crippen LogP) is 1.21. The Hall–Kier alpha value is -3.14.